The van der Waals surface area contributed by atoms with E-state index < -0.39 is 0 Å². The molecule has 0 heterocycles. The van der Waals surface area contributed by atoms with E-state index in [2.05, 4.69) is 119 Å². The molecule has 0 saturated carbocycles. The Bertz CT molecular complexity index is 921. The van der Waals surface area contributed by atoms with Crippen LogP contribution in [0.1, 0.15) is 217 Å². The number of hydrogen-bond acceptors (Lipinski definition) is 0. The zero-order chi connectivity index (χ0) is 37.2. The van der Waals surface area contributed by atoms with Crippen LogP contribution in [0.15, 0.2) is 53.6 Å². The smallest absolute Gasteiger partial charge is 0.0191 e. The zero-order valence-corrected chi connectivity index (χ0v) is 36.1. The maximum absolute atomic E-state index is 2.63. The standard InChI is InChI=1S/C50H90/c1-12-50(40-49-34-14-13-15-35-49,38-36-47(10)32-20-30-45(8)28-18-26-43(6)24-16-22-41(2)3)39-37-48(11)33-21-31-46(9)29-19-27-44(7)25-17-23-42(4)5/h13-15,34-37,41-46H,12,16-33,38-40H2,1-11H3/b47-36+,48-37+. The summed E-state index contributed by atoms with van der Waals surface area (Å²) >= 11 is 0. The highest BCUT2D eigenvalue weighted by Gasteiger charge is 2.26. The molecule has 0 aromatic heterocycles. The predicted octanol–water partition coefficient (Wildman–Crippen LogP) is 17.2. The quantitative estimate of drug-likeness (QED) is 0.0680. The van der Waals surface area contributed by atoms with Crippen molar-refractivity contribution in [2.24, 2.45) is 40.9 Å². The van der Waals surface area contributed by atoms with Gasteiger partial charge in [0.25, 0.3) is 0 Å². The van der Waals surface area contributed by atoms with Crippen molar-refractivity contribution < 1.29 is 0 Å². The van der Waals surface area contributed by atoms with E-state index in [1.807, 2.05) is 0 Å². The summed E-state index contributed by atoms with van der Waals surface area (Å²) in [4.78, 5) is 0. The van der Waals surface area contributed by atoms with Crippen LogP contribution in [-0.4, -0.2) is 0 Å². The van der Waals surface area contributed by atoms with E-state index in [4.69, 9.17) is 0 Å². The maximum Gasteiger partial charge on any atom is -0.0191 e. The van der Waals surface area contributed by atoms with Crippen molar-refractivity contribution in [1.29, 1.82) is 0 Å². The Hall–Kier alpha value is -1.30. The van der Waals surface area contributed by atoms with Crippen molar-refractivity contribution in [3.63, 3.8) is 0 Å². The normalized spacial score (nSPS) is 16.5. The summed E-state index contributed by atoms with van der Waals surface area (Å²) in [5.41, 5.74) is 5.03. The van der Waals surface area contributed by atoms with E-state index in [1.54, 1.807) is 11.1 Å². The minimum Gasteiger partial charge on any atom is -0.0850 e. The number of rotatable bonds is 31. The van der Waals surface area contributed by atoms with E-state index in [0.717, 1.165) is 35.5 Å². The van der Waals surface area contributed by atoms with Gasteiger partial charge in [-0.25, -0.2) is 0 Å². The van der Waals surface area contributed by atoms with E-state index in [-0.39, 0.29) is 0 Å². The zero-order valence-electron chi connectivity index (χ0n) is 36.1. The average Bonchev–Trinajstić information content (AvgIpc) is 3.06. The molecule has 1 rings (SSSR count). The molecular formula is C50H90. The summed E-state index contributed by atoms with van der Waals surface area (Å²) in [5.74, 6) is 5.25. The highest BCUT2D eigenvalue weighted by Crippen LogP contribution is 2.37. The van der Waals surface area contributed by atoms with Crippen LogP contribution in [0.25, 0.3) is 0 Å². The first-order valence-electron chi connectivity index (χ1n) is 22.2. The molecule has 50 heavy (non-hydrogen) atoms. The second kappa shape index (κ2) is 28.2. The lowest BCUT2D eigenvalue weighted by atomic mass is 9.73. The molecule has 0 saturated heterocycles. The van der Waals surface area contributed by atoms with Gasteiger partial charge in [0.1, 0.15) is 0 Å². The van der Waals surface area contributed by atoms with Crippen LogP contribution in [0.5, 0.6) is 0 Å². The van der Waals surface area contributed by atoms with Gasteiger partial charge in [0.05, 0.1) is 0 Å². The summed E-state index contributed by atoms with van der Waals surface area (Å²) in [6.07, 6.45) is 35.0. The monoisotopic (exact) mass is 691 g/mol. The van der Waals surface area contributed by atoms with E-state index >= 15 is 0 Å². The number of benzene rings is 1. The topological polar surface area (TPSA) is 0 Å². The van der Waals surface area contributed by atoms with Gasteiger partial charge in [-0.2, -0.15) is 0 Å². The molecule has 0 nitrogen and oxygen atoms in total. The molecule has 0 aliphatic heterocycles. The van der Waals surface area contributed by atoms with Crippen LogP contribution in [-0.2, 0) is 6.42 Å². The van der Waals surface area contributed by atoms with Gasteiger partial charge in [0.15, 0.2) is 0 Å². The van der Waals surface area contributed by atoms with E-state index in [1.165, 1.54) is 147 Å². The Labute approximate surface area is 316 Å². The fourth-order valence-electron chi connectivity index (χ4n) is 8.07. The summed E-state index contributed by atoms with van der Waals surface area (Å²) in [6.45, 7) is 26.6. The number of allylic oxidation sites excluding steroid dienone is 4. The fraction of sp³-hybridized carbons (Fsp3) is 0.800. The van der Waals surface area contributed by atoms with Crippen molar-refractivity contribution in [1.82, 2.24) is 0 Å². The molecule has 0 spiro atoms. The molecule has 0 fully saturated rings. The second-order valence-corrected chi connectivity index (χ2v) is 18.7. The minimum atomic E-state index is 0.308. The average molecular weight is 691 g/mol. The summed E-state index contributed by atoms with van der Waals surface area (Å²) in [5, 5.41) is 0. The fourth-order valence-corrected chi connectivity index (χ4v) is 8.07. The van der Waals surface area contributed by atoms with Crippen molar-refractivity contribution >= 4 is 0 Å². The third-order valence-electron chi connectivity index (χ3n) is 12.2. The van der Waals surface area contributed by atoms with Crippen molar-refractivity contribution in [2.45, 2.75) is 217 Å². The van der Waals surface area contributed by atoms with Crippen molar-refractivity contribution in [3.05, 3.63) is 59.2 Å². The Kier molecular flexibility index (Phi) is 26.4. The molecule has 0 amide bonds. The van der Waals surface area contributed by atoms with Gasteiger partial charge in [-0.3, -0.25) is 0 Å². The Morgan fingerprint density at radius 1 is 0.500 bits per heavy atom. The Morgan fingerprint density at radius 2 is 0.840 bits per heavy atom. The van der Waals surface area contributed by atoms with Crippen LogP contribution in [0.3, 0.4) is 0 Å². The molecule has 0 bridgehead atoms. The molecule has 0 aliphatic rings. The first-order chi connectivity index (χ1) is 23.8. The molecule has 1 aromatic rings. The highest BCUT2D eigenvalue weighted by atomic mass is 14.3. The number of hydrogen-bond donors (Lipinski definition) is 0. The first kappa shape index (κ1) is 46.7. The summed E-state index contributed by atoms with van der Waals surface area (Å²) in [6, 6.07) is 11.3. The van der Waals surface area contributed by atoms with Crippen LogP contribution >= 0.6 is 0 Å². The molecule has 0 heteroatoms. The van der Waals surface area contributed by atoms with Crippen molar-refractivity contribution in [2.75, 3.05) is 0 Å². The Morgan fingerprint density at radius 3 is 1.18 bits per heavy atom. The van der Waals surface area contributed by atoms with Crippen LogP contribution in [0.2, 0.25) is 0 Å². The SMILES string of the molecule is CCC(C/C=C(\C)CCCC(C)CCCC(C)CCCC(C)C)(C/C=C(\C)CCCC(C)CCCC(C)CCCC(C)C)Cc1ccccc1. The van der Waals surface area contributed by atoms with Gasteiger partial charge in [0, 0.05) is 0 Å². The van der Waals surface area contributed by atoms with E-state index in [0.29, 0.717) is 5.41 Å². The molecule has 0 aliphatic carbocycles. The predicted molar refractivity (Wildman–Crippen MR) is 229 cm³/mol. The van der Waals surface area contributed by atoms with Crippen molar-refractivity contribution in [3.8, 4) is 0 Å². The third kappa shape index (κ3) is 24.8. The lowest BCUT2D eigenvalue weighted by Crippen LogP contribution is -2.22. The molecule has 0 N–H and O–H groups in total. The van der Waals surface area contributed by atoms with Gasteiger partial charge in [0.2, 0.25) is 0 Å². The molecule has 290 valence electrons. The largest absolute Gasteiger partial charge is 0.0850 e. The molecule has 0 radical (unpaired) electrons. The minimum absolute atomic E-state index is 0.308. The third-order valence-corrected chi connectivity index (χ3v) is 12.2. The highest BCUT2D eigenvalue weighted by molar-refractivity contribution is 5.18. The maximum atomic E-state index is 2.63. The molecule has 4 unspecified atom stereocenters. The van der Waals surface area contributed by atoms with Crippen LogP contribution in [0, 0.1) is 40.9 Å². The summed E-state index contributed by atoms with van der Waals surface area (Å²) in [7, 11) is 0. The molecular weight excluding hydrogens is 601 g/mol. The van der Waals surface area contributed by atoms with Crippen LogP contribution in [0.4, 0.5) is 0 Å². The van der Waals surface area contributed by atoms with Gasteiger partial charge in [-0.15, -0.1) is 0 Å². The molecule has 1 aromatic carbocycles. The lowest BCUT2D eigenvalue weighted by Gasteiger charge is -2.32. The summed E-state index contributed by atoms with van der Waals surface area (Å²) < 4.78 is 0. The second-order valence-electron chi connectivity index (χ2n) is 18.7. The van der Waals surface area contributed by atoms with Gasteiger partial charge < -0.3 is 0 Å². The molecule has 4 atom stereocenters. The van der Waals surface area contributed by atoms with Gasteiger partial charge >= 0.3 is 0 Å². The van der Waals surface area contributed by atoms with E-state index in [9.17, 15) is 0 Å². The van der Waals surface area contributed by atoms with Gasteiger partial charge in [-0.05, 0) is 112 Å². The van der Waals surface area contributed by atoms with Gasteiger partial charge in [-0.1, -0.05) is 206 Å². The first-order valence-corrected chi connectivity index (χ1v) is 22.2. The lowest BCUT2D eigenvalue weighted by molar-refractivity contribution is 0.276. The van der Waals surface area contributed by atoms with Crippen LogP contribution < -0.4 is 0 Å². The Balaban J connectivity index is 2.56.